The van der Waals surface area contributed by atoms with Crippen LogP contribution < -0.4 is 0 Å². The molecule has 4 heterocycles. The number of pyridine rings is 1. The van der Waals surface area contributed by atoms with Crippen LogP contribution in [0.1, 0.15) is 49.3 Å². The van der Waals surface area contributed by atoms with Crippen molar-refractivity contribution in [3.63, 3.8) is 0 Å². The van der Waals surface area contributed by atoms with Crippen LogP contribution in [-0.4, -0.2) is 32.9 Å². The van der Waals surface area contributed by atoms with E-state index in [-0.39, 0.29) is 0 Å². The second-order valence-electron chi connectivity index (χ2n) is 6.72. The molecule has 0 aromatic carbocycles. The molecular formula is C18H20N4S. The standard InChI is InChI=1S/C18H20N4S/c1-2-7-22(8-3-1)13-6-4-5-12-9-20-18-16(15(12)13)17-14(23-18)10-19-11-21-17/h9-11,13H,1-8H2. The molecule has 0 amide bonds. The smallest absolute Gasteiger partial charge is 0.126 e. The maximum Gasteiger partial charge on any atom is 0.126 e. The predicted octanol–water partition coefficient (Wildman–Crippen LogP) is 4.10. The van der Waals surface area contributed by atoms with Gasteiger partial charge in [-0.2, -0.15) is 0 Å². The minimum absolute atomic E-state index is 0.553. The molecule has 5 heteroatoms. The molecule has 1 saturated heterocycles. The van der Waals surface area contributed by atoms with E-state index in [1.807, 2.05) is 6.20 Å². The van der Waals surface area contributed by atoms with Gasteiger partial charge in [-0.1, -0.05) is 6.42 Å². The Morgan fingerprint density at radius 1 is 1.04 bits per heavy atom. The van der Waals surface area contributed by atoms with Gasteiger partial charge in [-0.25, -0.2) is 15.0 Å². The number of nitrogens with zero attached hydrogens (tertiary/aromatic N) is 4. The van der Waals surface area contributed by atoms with E-state index in [1.165, 1.54) is 61.7 Å². The highest BCUT2D eigenvalue weighted by molar-refractivity contribution is 7.25. The van der Waals surface area contributed by atoms with Crippen LogP contribution in [-0.2, 0) is 6.42 Å². The van der Waals surface area contributed by atoms with Crippen molar-refractivity contribution in [1.29, 1.82) is 0 Å². The van der Waals surface area contributed by atoms with E-state index >= 15 is 0 Å². The quantitative estimate of drug-likeness (QED) is 0.676. The zero-order valence-electron chi connectivity index (χ0n) is 13.2. The maximum atomic E-state index is 4.74. The summed E-state index contributed by atoms with van der Waals surface area (Å²) in [6, 6.07) is 0.553. The van der Waals surface area contributed by atoms with Crippen LogP contribution in [0, 0.1) is 0 Å². The number of rotatable bonds is 1. The van der Waals surface area contributed by atoms with Crippen molar-refractivity contribution >= 4 is 31.8 Å². The number of aryl methyl sites for hydroxylation is 1. The van der Waals surface area contributed by atoms with Gasteiger partial charge in [0.1, 0.15) is 11.2 Å². The van der Waals surface area contributed by atoms with Crippen LogP contribution in [0.15, 0.2) is 18.7 Å². The molecule has 0 radical (unpaired) electrons. The van der Waals surface area contributed by atoms with Gasteiger partial charge in [0.15, 0.2) is 0 Å². The van der Waals surface area contributed by atoms with E-state index in [9.17, 15) is 0 Å². The summed E-state index contributed by atoms with van der Waals surface area (Å²) in [4.78, 5) is 17.4. The first-order chi connectivity index (χ1) is 11.4. The zero-order valence-corrected chi connectivity index (χ0v) is 14.0. The Kier molecular flexibility index (Phi) is 3.30. The van der Waals surface area contributed by atoms with Gasteiger partial charge in [0.25, 0.3) is 0 Å². The molecule has 3 aromatic heterocycles. The summed E-state index contributed by atoms with van der Waals surface area (Å²) in [5, 5.41) is 1.31. The van der Waals surface area contributed by atoms with Crippen molar-refractivity contribution in [1.82, 2.24) is 19.9 Å². The summed E-state index contributed by atoms with van der Waals surface area (Å²) in [5.74, 6) is 0. The lowest BCUT2D eigenvalue weighted by Crippen LogP contribution is -2.35. The Morgan fingerprint density at radius 2 is 1.96 bits per heavy atom. The second kappa shape index (κ2) is 5.49. The van der Waals surface area contributed by atoms with Gasteiger partial charge >= 0.3 is 0 Å². The lowest BCUT2D eigenvalue weighted by atomic mass is 9.85. The summed E-state index contributed by atoms with van der Waals surface area (Å²) in [5.41, 5.74) is 4.07. The lowest BCUT2D eigenvalue weighted by Gasteiger charge is -2.38. The van der Waals surface area contributed by atoms with Crippen LogP contribution in [0.2, 0.25) is 0 Å². The van der Waals surface area contributed by atoms with E-state index in [0.29, 0.717) is 6.04 Å². The monoisotopic (exact) mass is 324 g/mol. The largest absolute Gasteiger partial charge is 0.296 e. The lowest BCUT2D eigenvalue weighted by molar-refractivity contribution is 0.149. The summed E-state index contributed by atoms with van der Waals surface area (Å²) in [6.45, 7) is 2.48. The van der Waals surface area contributed by atoms with E-state index in [1.54, 1.807) is 17.7 Å². The third-order valence-electron chi connectivity index (χ3n) is 5.38. The maximum absolute atomic E-state index is 4.74. The van der Waals surface area contributed by atoms with Crippen LogP contribution in [0.3, 0.4) is 0 Å². The first-order valence-electron chi connectivity index (χ1n) is 8.66. The highest BCUT2D eigenvalue weighted by atomic mass is 32.1. The van der Waals surface area contributed by atoms with Crippen molar-refractivity contribution in [3.05, 3.63) is 29.8 Å². The molecular weight excluding hydrogens is 304 g/mol. The van der Waals surface area contributed by atoms with Crippen LogP contribution in [0.4, 0.5) is 0 Å². The summed E-state index contributed by atoms with van der Waals surface area (Å²) >= 11 is 1.73. The molecule has 1 atom stereocenters. The van der Waals surface area contributed by atoms with Crippen LogP contribution in [0.5, 0.6) is 0 Å². The van der Waals surface area contributed by atoms with E-state index in [0.717, 1.165) is 21.5 Å². The van der Waals surface area contributed by atoms with Crippen molar-refractivity contribution < 1.29 is 0 Å². The molecule has 1 aliphatic carbocycles. The highest BCUT2D eigenvalue weighted by Crippen LogP contribution is 2.43. The Balaban J connectivity index is 1.76. The molecule has 1 aliphatic heterocycles. The number of piperidine rings is 1. The van der Waals surface area contributed by atoms with Gasteiger partial charge in [-0.05, 0) is 56.3 Å². The van der Waals surface area contributed by atoms with Gasteiger partial charge in [0.2, 0.25) is 0 Å². The molecule has 0 N–H and O–H groups in total. The normalized spacial score (nSPS) is 22.5. The number of likely N-dealkylation sites (tertiary alicyclic amines) is 1. The molecule has 1 unspecified atom stereocenters. The number of fused-ring (bicyclic) bond motifs is 5. The van der Waals surface area contributed by atoms with E-state index in [2.05, 4.69) is 21.1 Å². The topological polar surface area (TPSA) is 41.9 Å². The molecule has 0 saturated carbocycles. The van der Waals surface area contributed by atoms with Gasteiger partial charge < -0.3 is 0 Å². The first kappa shape index (κ1) is 13.8. The molecule has 3 aromatic rings. The van der Waals surface area contributed by atoms with Crippen LogP contribution in [0.25, 0.3) is 20.4 Å². The van der Waals surface area contributed by atoms with Crippen molar-refractivity contribution in [3.8, 4) is 0 Å². The third-order valence-corrected chi connectivity index (χ3v) is 6.40. The fraction of sp³-hybridized carbons (Fsp3) is 0.500. The molecule has 118 valence electrons. The fourth-order valence-electron chi connectivity index (χ4n) is 4.34. The molecule has 1 fully saturated rings. The summed E-state index contributed by atoms with van der Waals surface area (Å²) in [6.07, 6.45) is 13.5. The molecule has 2 aliphatic rings. The molecule has 5 rings (SSSR count). The van der Waals surface area contributed by atoms with Crippen molar-refractivity contribution in [2.24, 2.45) is 0 Å². The Hall–Kier alpha value is -1.59. The highest BCUT2D eigenvalue weighted by Gasteiger charge is 2.30. The number of hydrogen-bond acceptors (Lipinski definition) is 5. The SMILES string of the molecule is c1ncc2sc3ncc4c(c3c2n1)C(N1CCCCC1)CCC4. The number of hydrogen-bond donors (Lipinski definition) is 0. The fourth-order valence-corrected chi connectivity index (χ4v) is 5.33. The second-order valence-corrected chi connectivity index (χ2v) is 7.75. The minimum Gasteiger partial charge on any atom is -0.296 e. The zero-order chi connectivity index (χ0) is 15.2. The van der Waals surface area contributed by atoms with Gasteiger partial charge in [-0.15, -0.1) is 11.3 Å². The molecule has 4 nitrogen and oxygen atoms in total. The Bertz CT molecular complexity index is 866. The average molecular weight is 324 g/mol. The number of thiophene rings is 1. The number of aromatic nitrogens is 3. The van der Waals surface area contributed by atoms with Gasteiger partial charge in [-0.3, -0.25) is 4.90 Å². The van der Waals surface area contributed by atoms with E-state index < -0.39 is 0 Å². The molecule has 0 spiro atoms. The first-order valence-corrected chi connectivity index (χ1v) is 9.47. The van der Waals surface area contributed by atoms with Crippen molar-refractivity contribution in [2.75, 3.05) is 13.1 Å². The Morgan fingerprint density at radius 3 is 2.87 bits per heavy atom. The van der Waals surface area contributed by atoms with Gasteiger partial charge in [0, 0.05) is 23.8 Å². The molecule has 23 heavy (non-hydrogen) atoms. The average Bonchev–Trinajstić information content (AvgIpc) is 3.01. The molecule has 0 bridgehead atoms. The summed E-state index contributed by atoms with van der Waals surface area (Å²) in [7, 11) is 0. The van der Waals surface area contributed by atoms with Crippen molar-refractivity contribution in [2.45, 2.75) is 44.6 Å². The third kappa shape index (κ3) is 2.17. The van der Waals surface area contributed by atoms with Crippen LogP contribution >= 0.6 is 11.3 Å². The van der Waals surface area contributed by atoms with E-state index in [4.69, 9.17) is 4.98 Å². The van der Waals surface area contributed by atoms with Gasteiger partial charge in [0.05, 0.1) is 10.2 Å². The predicted molar refractivity (Wildman–Crippen MR) is 93.8 cm³/mol. The Labute approximate surface area is 139 Å². The minimum atomic E-state index is 0.553. The summed E-state index contributed by atoms with van der Waals surface area (Å²) < 4.78 is 1.16.